The molecular formula is C10H12N4O2. The van der Waals surface area contributed by atoms with E-state index in [1.165, 1.54) is 6.07 Å². The predicted octanol–water partition coefficient (Wildman–Crippen LogP) is 0.534. The lowest BCUT2D eigenvalue weighted by Gasteiger charge is -1.94. The zero-order valence-corrected chi connectivity index (χ0v) is 8.86. The molecule has 0 fully saturated rings. The second-order valence-corrected chi connectivity index (χ2v) is 3.22. The van der Waals surface area contributed by atoms with Gasteiger partial charge in [-0.25, -0.2) is 0 Å². The van der Waals surface area contributed by atoms with Gasteiger partial charge in [0.1, 0.15) is 0 Å². The molecule has 2 heterocycles. The Morgan fingerprint density at radius 1 is 1.44 bits per heavy atom. The number of hydrogen-bond acceptors (Lipinski definition) is 5. The maximum Gasteiger partial charge on any atom is 0.249 e. The Kier molecular flexibility index (Phi) is 3.11. The summed E-state index contributed by atoms with van der Waals surface area (Å²) < 4.78 is 5.40. The van der Waals surface area contributed by atoms with E-state index >= 15 is 0 Å². The Morgan fingerprint density at radius 3 is 3.00 bits per heavy atom. The number of rotatable bonds is 4. The molecule has 0 aliphatic carbocycles. The van der Waals surface area contributed by atoms with E-state index in [9.17, 15) is 4.79 Å². The van der Waals surface area contributed by atoms with Gasteiger partial charge in [0, 0.05) is 12.3 Å². The van der Waals surface area contributed by atoms with Gasteiger partial charge in [-0.2, -0.15) is 0 Å². The highest BCUT2D eigenvalue weighted by molar-refractivity contribution is 5.49. The Labute approximate surface area is 91.7 Å². The molecule has 6 nitrogen and oxygen atoms in total. The van der Waals surface area contributed by atoms with Crippen LogP contribution in [0.2, 0.25) is 0 Å². The van der Waals surface area contributed by atoms with E-state index in [4.69, 9.17) is 4.42 Å². The fourth-order valence-corrected chi connectivity index (χ4v) is 1.22. The van der Waals surface area contributed by atoms with Crippen molar-refractivity contribution in [3.63, 3.8) is 0 Å². The van der Waals surface area contributed by atoms with E-state index in [2.05, 4.69) is 20.5 Å². The van der Waals surface area contributed by atoms with Gasteiger partial charge in [0.25, 0.3) is 0 Å². The number of hydrogen-bond donors (Lipinski definition) is 2. The van der Waals surface area contributed by atoms with Gasteiger partial charge in [-0.15, -0.1) is 10.2 Å². The van der Waals surface area contributed by atoms with Crippen molar-refractivity contribution in [2.24, 2.45) is 0 Å². The summed E-state index contributed by atoms with van der Waals surface area (Å²) in [6.45, 7) is 3.39. The van der Waals surface area contributed by atoms with Crippen LogP contribution in [0.5, 0.6) is 0 Å². The first kappa shape index (κ1) is 10.6. The molecule has 84 valence electrons. The molecule has 0 saturated heterocycles. The van der Waals surface area contributed by atoms with Crippen molar-refractivity contribution in [2.45, 2.75) is 13.5 Å². The SMILES string of the molecule is CCNCc1nnc(-c2ccc(=O)[nH]c2)o1. The van der Waals surface area contributed by atoms with E-state index in [-0.39, 0.29) is 5.56 Å². The third kappa shape index (κ3) is 2.34. The van der Waals surface area contributed by atoms with Crippen molar-refractivity contribution in [2.75, 3.05) is 6.54 Å². The normalized spacial score (nSPS) is 10.6. The summed E-state index contributed by atoms with van der Waals surface area (Å²) in [6.07, 6.45) is 1.55. The summed E-state index contributed by atoms with van der Waals surface area (Å²) in [5, 5.41) is 10.9. The van der Waals surface area contributed by atoms with Gasteiger partial charge in [0.15, 0.2) is 0 Å². The molecule has 0 aliphatic heterocycles. The van der Waals surface area contributed by atoms with Crippen LogP contribution in [0.25, 0.3) is 11.5 Å². The average molecular weight is 220 g/mol. The maximum atomic E-state index is 10.9. The zero-order valence-electron chi connectivity index (χ0n) is 8.86. The monoisotopic (exact) mass is 220 g/mol. The summed E-state index contributed by atoms with van der Waals surface area (Å²) in [5.74, 6) is 0.937. The molecule has 0 radical (unpaired) electrons. The highest BCUT2D eigenvalue weighted by Gasteiger charge is 2.07. The first-order valence-electron chi connectivity index (χ1n) is 5.02. The first-order valence-corrected chi connectivity index (χ1v) is 5.02. The van der Waals surface area contributed by atoms with Gasteiger partial charge in [-0.3, -0.25) is 4.79 Å². The second-order valence-electron chi connectivity index (χ2n) is 3.22. The molecule has 0 saturated carbocycles. The van der Waals surface area contributed by atoms with Crippen LogP contribution in [-0.2, 0) is 6.54 Å². The molecule has 16 heavy (non-hydrogen) atoms. The Bertz CT molecular complexity index is 497. The molecule has 0 unspecified atom stereocenters. The molecule has 2 aromatic heterocycles. The van der Waals surface area contributed by atoms with Gasteiger partial charge in [0.2, 0.25) is 17.3 Å². The number of aromatic amines is 1. The van der Waals surface area contributed by atoms with Gasteiger partial charge in [0.05, 0.1) is 12.1 Å². The highest BCUT2D eigenvalue weighted by atomic mass is 16.4. The van der Waals surface area contributed by atoms with Crippen LogP contribution in [-0.4, -0.2) is 21.7 Å². The number of aromatic nitrogens is 3. The zero-order chi connectivity index (χ0) is 11.4. The molecule has 0 aliphatic rings. The van der Waals surface area contributed by atoms with Crippen LogP contribution in [0.3, 0.4) is 0 Å². The molecule has 0 bridgehead atoms. The number of H-pyrrole nitrogens is 1. The minimum Gasteiger partial charge on any atom is -0.419 e. The second kappa shape index (κ2) is 4.71. The summed E-state index contributed by atoms with van der Waals surface area (Å²) in [7, 11) is 0. The fourth-order valence-electron chi connectivity index (χ4n) is 1.22. The fraction of sp³-hybridized carbons (Fsp3) is 0.300. The van der Waals surface area contributed by atoms with Crippen LogP contribution in [0.4, 0.5) is 0 Å². The van der Waals surface area contributed by atoms with Crippen LogP contribution in [0.1, 0.15) is 12.8 Å². The molecule has 0 amide bonds. The van der Waals surface area contributed by atoms with Crippen molar-refractivity contribution in [3.8, 4) is 11.5 Å². The minimum atomic E-state index is -0.156. The Balaban J connectivity index is 2.18. The van der Waals surface area contributed by atoms with E-state index in [1.54, 1.807) is 12.3 Å². The molecule has 6 heteroatoms. The highest BCUT2D eigenvalue weighted by Crippen LogP contribution is 2.14. The van der Waals surface area contributed by atoms with Gasteiger partial charge >= 0.3 is 0 Å². The van der Waals surface area contributed by atoms with Crippen molar-refractivity contribution >= 4 is 0 Å². The van der Waals surface area contributed by atoms with Crippen molar-refractivity contribution in [1.82, 2.24) is 20.5 Å². The molecule has 2 rings (SSSR count). The third-order valence-electron chi connectivity index (χ3n) is 2.02. The average Bonchev–Trinajstić information content (AvgIpc) is 2.76. The lowest BCUT2D eigenvalue weighted by atomic mass is 10.3. The van der Waals surface area contributed by atoms with Crippen LogP contribution in [0.15, 0.2) is 27.5 Å². The smallest absolute Gasteiger partial charge is 0.249 e. The van der Waals surface area contributed by atoms with Crippen LogP contribution >= 0.6 is 0 Å². The summed E-state index contributed by atoms with van der Waals surface area (Å²) in [4.78, 5) is 13.4. The minimum absolute atomic E-state index is 0.156. The topological polar surface area (TPSA) is 83.8 Å². The van der Waals surface area contributed by atoms with Crippen molar-refractivity contribution in [1.29, 1.82) is 0 Å². The molecule has 0 spiro atoms. The third-order valence-corrected chi connectivity index (χ3v) is 2.02. The van der Waals surface area contributed by atoms with E-state index in [0.717, 1.165) is 6.54 Å². The lowest BCUT2D eigenvalue weighted by molar-refractivity contribution is 0.482. The number of nitrogens with one attached hydrogen (secondary N) is 2. The summed E-state index contributed by atoms with van der Waals surface area (Å²) >= 11 is 0. The standard InChI is InChI=1S/C10H12N4O2/c1-2-11-6-9-13-14-10(16-9)7-3-4-8(15)12-5-7/h3-5,11H,2,6H2,1H3,(H,12,15). The number of pyridine rings is 1. The maximum absolute atomic E-state index is 10.9. The Morgan fingerprint density at radius 2 is 2.31 bits per heavy atom. The quantitative estimate of drug-likeness (QED) is 0.785. The molecule has 0 aromatic carbocycles. The van der Waals surface area contributed by atoms with Gasteiger partial charge in [-0.05, 0) is 12.6 Å². The van der Waals surface area contributed by atoms with Gasteiger partial charge in [-0.1, -0.05) is 6.92 Å². The Hall–Kier alpha value is -1.95. The van der Waals surface area contributed by atoms with E-state index < -0.39 is 0 Å². The van der Waals surface area contributed by atoms with E-state index in [0.29, 0.717) is 23.9 Å². The van der Waals surface area contributed by atoms with Crippen LogP contribution in [0, 0.1) is 0 Å². The van der Waals surface area contributed by atoms with Crippen molar-refractivity contribution in [3.05, 3.63) is 34.6 Å². The van der Waals surface area contributed by atoms with E-state index in [1.807, 2.05) is 6.92 Å². The predicted molar refractivity (Wildman–Crippen MR) is 57.7 cm³/mol. The molecule has 0 atom stereocenters. The van der Waals surface area contributed by atoms with Crippen molar-refractivity contribution < 1.29 is 4.42 Å². The molecule has 2 aromatic rings. The lowest BCUT2D eigenvalue weighted by Crippen LogP contribution is -2.11. The first-order chi connectivity index (χ1) is 7.79. The number of nitrogens with zero attached hydrogens (tertiary/aromatic N) is 2. The largest absolute Gasteiger partial charge is 0.419 e. The van der Waals surface area contributed by atoms with Crippen LogP contribution < -0.4 is 10.9 Å². The summed E-state index contributed by atoms with van der Waals surface area (Å²) in [6, 6.07) is 3.06. The molecule has 2 N–H and O–H groups in total. The molecular weight excluding hydrogens is 208 g/mol. The summed E-state index contributed by atoms with van der Waals surface area (Å²) in [5.41, 5.74) is 0.547. The van der Waals surface area contributed by atoms with Gasteiger partial charge < -0.3 is 14.7 Å².